The van der Waals surface area contributed by atoms with E-state index < -0.39 is 6.04 Å². The number of ether oxygens (including phenoxy) is 1. The number of hydrogen-bond donors (Lipinski definition) is 1. The molecule has 2 aromatic rings. The highest BCUT2D eigenvalue weighted by atomic mass is 19.1. The largest absolute Gasteiger partial charge is 0.457 e. The zero-order valence-corrected chi connectivity index (χ0v) is 11.4. The quantitative estimate of drug-likeness (QED) is 0.946. The summed E-state index contributed by atoms with van der Waals surface area (Å²) in [4.78, 5) is 4.21. The Bertz CT molecular complexity index is 760. The number of hydrogen-bond acceptors (Lipinski definition) is 5. The van der Waals surface area contributed by atoms with E-state index in [0.717, 1.165) is 5.56 Å². The van der Waals surface area contributed by atoms with E-state index in [9.17, 15) is 4.39 Å². The van der Waals surface area contributed by atoms with Crippen LogP contribution in [0.3, 0.4) is 0 Å². The summed E-state index contributed by atoms with van der Waals surface area (Å²) in [7, 11) is 0. The van der Waals surface area contributed by atoms with Crippen LogP contribution in [0.4, 0.5) is 4.39 Å². The smallest absolute Gasteiger partial charge is 0.175 e. The van der Waals surface area contributed by atoms with Gasteiger partial charge in [-0.2, -0.15) is 10.4 Å². The highest BCUT2D eigenvalue weighted by molar-refractivity contribution is 6.01. The highest BCUT2D eigenvalue weighted by Crippen LogP contribution is 2.22. The number of rotatable bonds is 3. The minimum atomic E-state index is -0.577. The fraction of sp³-hybridized carbons (Fsp3) is 0.0625. The van der Waals surface area contributed by atoms with Crippen molar-refractivity contribution in [2.75, 3.05) is 0 Å². The monoisotopic (exact) mass is 294 g/mol. The normalized spacial score (nSPS) is 16.4. The van der Waals surface area contributed by atoms with Crippen LogP contribution in [0.2, 0.25) is 0 Å². The third kappa shape index (κ3) is 3.10. The summed E-state index contributed by atoms with van der Waals surface area (Å²) >= 11 is 0. The maximum Gasteiger partial charge on any atom is 0.175 e. The van der Waals surface area contributed by atoms with Gasteiger partial charge in [-0.15, -0.1) is 0 Å². The molecule has 6 heteroatoms. The van der Waals surface area contributed by atoms with Crippen LogP contribution in [-0.2, 0) is 0 Å². The molecular weight excluding hydrogens is 283 g/mol. The fourth-order valence-electron chi connectivity index (χ4n) is 1.89. The molecule has 1 unspecified atom stereocenters. The standard InChI is InChI=1S/C16H11FN4O/c17-12-3-7-15(8-4-12)22-14-5-1-11(2-6-14)16-20-13(9-18)10-19-21-16/h1-8,10,13H,(H,20,21). The molecule has 3 rings (SSSR count). The first-order valence-electron chi connectivity index (χ1n) is 6.55. The Morgan fingerprint density at radius 2 is 1.68 bits per heavy atom. The van der Waals surface area contributed by atoms with Crippen molar-refractivity contribution in [1.82, 2.24) is 5.43 Å². The minimum Gasteiger partial charge on any atom is -0.457 e. The highest BCUT2D eigenvalue weighted by Gasteiger charge is 2.11. The molecule has 5 nitrogen and oxygen atoms in total. The van der Waals surface area contributed by atoms with Crippen molar-refractivity contribution in [2.45, 2.75) is 6.04 Å². The molecular formula is C16H11FN4O. The molecule has 0 radical (unpaired) electrons. The van der Waals surface area contributed by atoms with Gasteiger partial charge >= 0.3 is 0 Å². The molecule has 108 valence electrons. The molecule has 0 bridgehead atoms. The Labute approximate surface area is 126 Å². The van der Waals surface area contributed by atoms with Gasteiger partial charge in [-0.3, -0.25) is 5.43 Å². The van der Waals surface area contributed by atoms with Gasteiger partial charge in [-0.05, 0) is 48.5 Å². The molecule has 2 aromatic carbocycles. The van der Waals surface area contributed by atoms with Gasteiger partial charge in [0.1, 0.15) is 17.3 Å². The Morgan fingerprint density at radius 1 is 1.05 bits per heavy atom. The number of hydrazone groups is 1. The van der Waals surface area contributed by atoms with Crippen molar-refractivity contribution in [3.05, 3.63) is 59.9 Å². The Kier molecular flexibility index (Phi) is 3.79. The van der Waals surface area contributed by atoms with Gasteiger partial charge in [-0.1, -0.05) is 0 Å². The van der Waals surface area contributed by atoms with E-state index in [1.807, 2.05) is 6.07 Å². The lowest BCUT2D eigenvalue weighted by Gasteiger charge is -2.12. The first-order chi connectivity index (χ1) is 10.7. The minimum absolute atomic E-state index is 0.309. The first-order valence-corrected chi connectivity index (χ1v) is 6.55. The van der Waals surface area contributed by atoms with Gasteiger partial charge in [0.15, 0.2) is 11.9 Å². The second kappa shape index (κ2) is 6.06. The van der Waals surface area contributed by atoms with E-state index in [1.54, 1.807) is 36.4 Å². The average Bonchev–Trinajstić information content (AvgIpc) is 2.58. The summed E-state index contributed by atoms with van der Waals surface area (Å²) in [6, 6.07) is 14.4. The van der Waals surface area contributed by atoms with Gasteiger partial charge in [0.2, 0.25) is 0 Å². The Balaban J connectivity index is 1.74. The van der Waals surface area contributed by atoms with Gasteiger partial charge in [0.25, 0.3) is 0 Å². The molecule has 0 saturated heterocycles. The molecule has 0 amide bonds. The lowest BCUT2D eigenvalue weighted by molar-refractivity contribution is 0.480. The predicted molar refractivity (Wildman–Crippen MR) is 80.5 cm³/mol. The molecule has 0 fully saturated rings. The molecule has 1 aliphatic heterocycles. The molecule has 1 heterocycles. The zero-order chi connectivity index (χ0) is 15.4. The van der Waals surface area contributed by atoms with Crippen LogP contribution in [0.15, 0.2) is 58.6 Å². The average molecular weight is 294 g/mol. The molecule has 1 N–H and O–H groups in total. The number of nitrogens with zero attached hydrogens (tertiary/aromatic N) is 3. The molecule has 0 aliphatic carbocycles. The summed E-state index contributed by atoms with van der Waals surface area (Å²) in [5.41, 5.74) is 3.56. The van der Waals surface area contributed by atoms with Crippen molar-refractivity contribution in [3.8, 4) is 17.6 Å². The van der Waals surface area contributed by atoms with E-state index in [4.69, 9.17) is 10.00 Å². The van der Waals surface area contributed by atoms with Gasteiger partial charge < -0.3 is 4.74 Å². The topological polar surface area (TPSA) is 69.8 Å². The summed E-state index contributed by atoms with van der Waals surface area (Å²) in [6.45, 7) is 0. The van der Waals surface area contributed by atoms with Crippen LogP contribution in [0, 0.1) is 17.1 Å². The van der Waals surface area contributed by atoms with Crippen molar-refractivity contribution in [3.63, 3.8) is 0 Å². The van der Waals surface area contributed by atoms with E-state index in [-0.39, 0.29) is 5.82 Å². The SMILES string of the molecule is N#CC1C=NNC(c2ccc(Oc3ccc(F)cc3)cc2)=N1. The third-order valence-corrected chi connectivity index (χ3v) is 2.96. The van der Waals surface area contributed by atoms with Crippen molar-refractivity contribution < 1.29 is 9.13 Å². The van der Waals surface area contributed by atoms with Gasteiger partial charge in [-0.25, -0.2) is 9.38 Å². The Hall–Kier alpha value is -3.20. The Morgan fingerprint density at radius 3 is 2.32 bits per heavy atom. The maximum absolute atomic E-state index is 12.8. The van der Waals surface area contributed by atoms with Gasteiger partial charge in [0, 0.05) is 5.56 Å². The number of amidine groups is 1. The second-order valence-corrected chi connectivity index (χ2v) is 4.52. The van der Waals surface area contributed by atoms with E-state index >= 15 is 0 Å². The van der Waals surface area contributed by atoms with Crippen LogP contribution < -0.4 is 10.2 Å². The number of nitrogens with one attached hydrogen (secondary N) is 1. The van der Waals surface area contributed by atoms with Crippen LogP contribution in [-0.4, -0.2) is 18.1 Å². The van der Waals surface area contributed by atoms with Crippen LogP contribution in [0.25, 0.3) is 0 Å². The lowest BCUT2D eigenvalue weighted by atomic mass is 10.2. The number of nitriles is 1. The lowest BCUT2D eigenvalue weighted by Crippen LogP contribution is -2.27. The van der Waals surface area contributed by atoms with Crippen molar-refractivity contribution in [2.24, 2.45) is 10.1 Å². The van der Waals surface area contributed by atoms with Crippen molar-refractivity contribution in [1.29, 1.82) is 5.26 Å². The number of halogens is 1. The molecule has 1 aliphatic rings. The zero-order valence-electron chi connectivity index (χ0n) is 11.4. The molecule has 0 aromatic heterocycles. The van der Waals surface area contributed by atoms with Crippen LogP contribution >= 0.6 is 0 Å². The van der Waals surface area contributed by atoms with Crippen molar-refractivity contribution >= 4 is 12.1 Å². The van der Waals surface area contributed by atoms with Crippen LogP contribution in [0.1, 0.15) is 5.56 Å². The van der Waals surface area contributed by atoms with E-state index in [1.165, 1.54) is 18.3 Å². The number of benzene rings is 2. The summed E-state index contributed by atoms with van der Waals surface area (Å²) in [5.74, 6) is 1.39. The molecule has 22 heavy (non-hydrogen) atoms. The summed E-state index contributed by atoms with van der Waals surface area (Å²) in [6.07, 6.45) is 1.44. The maximum atomic E-state index is 12.8. The first kappa shape index (κ1) is 13.8. The fourth-order valence-corrected chi connectivity index (χ4v) is 1.89. The third-order valence-electron chi connectivity index (χ3n) is 2.96. The van der Waals surface area contributed by atoms with E-state index in [0.29, 0.717) is 17.3 Å². The van der Waals surface area contributed by atoms with E-state index in [2.05, 4.69) is 15.5 Å². The molecule has 0 saturated carbocycles. The van der Waals surface area contributed by atoms with Gasteiger partial charge in [0.05, 0.1) is 12.3 Å². The number of aliphatic imine (C=N–C) groups is 1. The molecule has 1 atom stereocenters. The second-order valence-electron chi connectivity index (χ2n) is 4.52. The van der Waals surface area contributed by atoms with Crippen LogP contribution in [0.5, 0.6) is 11.5 Å². The summed E-state index contributed by atoms with van der Waals surface area (Å²) in [5, 5.41) is 12.8. The predicted octanol–water partition coefficient (Wildman–Crippen LogP) is 2.85. The molecule has 0 spiro atoms. The summed E-state index contributed by atoms with van der Waals surface area (Å²) < 4.78 is 18.4.